The number of aliphatic hydroxyl groups is 1. The quantitative estimate of drug-likeness (QED) is 0.319. The number of unbranched alkanes of at least 4 members (excludes halogenated alkanes) is 9. The molecule has 0 heterocycles. The number of nitrogens with zero attached hydrogens (tertiary/aromatic N) is 1. The van der Waals surface area contributed by atoms with E-state index >= 15 is 0 Å². The highest BCUT2D eigenvalue weighted by Gasteiger charge is 2.07. The average molecular weight is 314 g/mol. The summed E-state index contributed by atoms with van der Waals surface area (Å²) in [4.78, 5) is 2.20. The van der Waals surface area contributed by atoms with Crippen LogP contribution < -0.4 is 0 Å². The minimum Gasteiger partial charge on any atom is -0.389 e. The third kappa shape index (κ3) is 16.0. The Bertz CT molecular complexity index is 233. The van der Waals surface area contributed by atoms with Crippen molar-refractivity contribution >= 4 is 0 Å². The van der Waals surface area contributed by atoms with Crippen LogP contribution in [0, 0.1) is 0 Å². The van der Waals surface area contributed by atoms with Gasteiger partial charge in [-0.3, -0.25) is 0 Å². The fourth-order valence-electron chi connectivity index (χ4n) is 2.66. The summed E-state index contributed by atoms with van der Waals surface area (Å²) < 4.78 is 5.26. The van der Waals surface area contributed by atoms with Gasteiger partial charge in [-0.05, 0) is 20.0 Å². The van der Waals surface area contributed by atoms with E-state index in [4.69, 9.17) is 4.74 Å². The van der Waals surface area contributed by atoms with E-state index in [0.717, 1.165) is 6.54 Å². The molecule has 132 valence electrons. The maximum atomic E-state index is 9.81. The van der Waals surface area contributed by atoms with Gasteiger partial charge in [-0.15, -0.1) is 6.58 Å². The van der Waals surface area contributed by atoms with Crippen LogP contribution in [-0.4, -0.2) is 49.5 Å². The first-order valence-corrected chi connectivity index (χ1v) is 9.26. The Morgan fingerprint density at radius 2 is 1.55 bits per heavy atom. The first-order valence-electron chi connectivity index (χ1n) is 9.26. The minimum absolute atomic E-state index is 0.395. The average Bonchev–Trinajstić information content (AvgIpc) is 2.49. The first-order chi connectivity index (χ1) is 10.7. The van der Waals surface area contributed by atoms with Crippen LogP contribution in [0.4, 0.5) is 0 Å². The summed E-state index contributed by atoms with van der Waals surface area (Å²) in [6.07, 6.45) is 15.0. The number of ether oxygens (including phenoxy) is 1. The SMILES string of the molecule is C=CCOCC(O)CN(C)CCCCCCCCCCCC. The van der Waals surface area contributed by atoms with E-state index < -0.39 is 6.10 Å². The monoisotopic (exact) mass is 313 g/mol. The van der Waals surface area contributed by atoms with E-state index in [1.165, 1.54) is 64.2 Å². The van der Waals surface area contributed by atoms with Crippen molar-refractivity contribution in [1.29, 1.82) is 0 Å². The zero-order valence-corrected chi connectivity index (χ0v) is 15.1. The van der Waals surface area contributed by atoms with Crippen LogP contribution in [0.15, 0.2) is 12.7 Å². The lowest BCUT2D eigenvalue weighted by molar-refractivity contribution is 0.0308. The van der Waals surface area contributed by atoms with Crippen LogP contribution in [-0.2, 0) is 4.74 Å². The second kappa shape index (κ2) is 17.0. The van der Waals surface area contributed by atoms with Gasteiger partial charge in [0.2, 0.25) is 0 Å². The van der Waals surface area contributed by atoms with Crippen molar-refractivity contribution in [3.05, 3.63) is 12.7 Å². The summed E-state index contributed by atoms with van der Waals surface area (Å²) in [6.45, 7) is 8.52. The number of hydrogen-bond donors (Lipinski definition) is 1. The van der Waals surface area contributed by atoms with Gasteiger partial charge in [0.25, 0.3) is 0 Å². The van der Waals surface area contributed by atoms with Gasteiger partial charge in [0.15, 0.2) is 0 Å². The van der Waals surface area contributed by atoms with Gasteiger partial charge in [-0.2, -0.15) is 0 Å². The van der Waals surface area contributed by atoms with Crippen molar-refractivity contribution in [3.63, 3.8) is 0 Å². The third-order valence-corrected chi connectivity index (χ3v) is 3.96. The molecule has 0 aliphatic heterocycles. The molecule has 0 rings (SSSR count). The maximum Gasteiger partial charge on any atom is 0.0900 e. The molecule has 0 saturated carbocycles. The molecule has 0 amide bonds. The molecule has 0 aromatic rings. The van der Waals surface area contributed by atoms with Crippen LogP contribution in [0.3, 0.4) is 0 Å². The van der Waals surface area contributed by atoms with Gasteiger partial charge in [0.05, 0.1) is 19.3 Å². The lowest BCUT2D eigenvalue weighted by Crippen LogP contribution is -2.32. The smallest absolute Gasteiger partial charge is 0.0900 e. The summed E-state index contributed by atoms with van der Waals surface area (Å²) in [7, 11) is 2.07. The van der Waals surface area contributed by atoms with Crippen LogP contribution in [0.2, 0.25) is 0 Å². The highest BCUT2D eigenvalue weighted by Crippen LogP contribution is 2.10. The molecule has 1 unspecified atom stereocenters. The van der Waals surface area contributed by atoms with Crippen molar-refractivity contribution < 1.29 is 9.84 Å². The minimum atomic E-state index is -0.395. The topological polar surface area (TPSA) is 32.7 Å². The summed E-state index contributed by atoms with van der Waals surface area (Å²) in [5.41, 5.74) is 0. The Hall–Kier alpha value is -0.380. The second-order valence-electron chi connectivity index (χ2n) is 6.42. The van der Waals surface area contributed by atoms with Crippen molar-refractivity contribution in [2.24, 2.45) is 0 Å². The van der Waals surface area contributed by atoms with Gasteiger partial charge in [-0.1, -0.05) is 70.8 Å². The predicted molar refractivity (Wildman–Crippen MR) is 96.4 cm³/mol. The normalized spacial score (nSPS) is 12.7. The molecule has 0 aromatic carbocycles. The lowest BCUT2D eigenvalue weighted by Gasteiger charge is -2.20. The van der Waals surface area contributed by atoms with Gasteiger partial charge < -0.3 is 14.7 Å². The van der Waals surface area contributed by atoms with E-state index in [2.05, 4.69) is 25.5 Å². The van der Waals surface area contributed by atoms with Crippen LogP contribution in [0.5, 0.6) is 0 Å². The predicted octanol–water partition coefficient (Wildman–Crippen LogP) is 4.40. The maximum absolute atomic E-state index is 9.81. The molecule has 0 aliphatic carbocycles. The number of likely N-dealkylation sites (N-methyl/N-ethyl adjacent to an activating group) is 1. The Labute approximate surface area is 138 Å². The fourth-order valence-corrected chi connectivity index (χ4v) is 2.66. The molecule has 1 N–H and O–H groups in total. The Morgan fingerprint density at radius 3 is 2.09 bits per heavy atom. The van der Waals surface area contributed by atoms with Crippen LogP contribution >= 0.6 is 0 Å². The lowest BCUT2D eigenvalue weighted by atomic mass is 10.1. The summed E-state index contributed by atoms with van der Waals surface area (Å²) in [6, 6.07) is 0. The van der Waals surface area contributed by atoms with Gasteiger partial charge >= 0.3 is 0 Å². The molecule has 0 saturated heterocycles. The molecule has 0 aliphatic rings. The van der Waals surface area contributed by atoms with Gasteiger partial charge in [-0.25, -0.2) is 0 Å². The Balaban J connectivity index is 3.27. The number of rotatable bonds is 17. The van der Waals surface area contributed by atoms with Crippen LogP contribution in [0.1, 0.15) is 71.1 Å². The number of aliphatic hydroxyl groups excluding tert-OH is 1. The molecule has 0 radical (unpaired) electrons. The largest absolute Gasteiger partial charge is 0.389 e. The standard InChI is InChI=1S/C19H39NO2/c1-4-6-7-8-9-10-11-12-13-14-15-20(3)17-19(21)18-22-16-5-2/h5,19,21H,2,4,6-18H2,1,3H3. The van der Waals surface area contributed by atoms with Crippen molar-refractivity contribution in [2.75, 3.05) is 33.4 Å². The van der Waals surface area contributed by atoms with E-state index in [0.29, 0.717) is 19.8 Å². The van der Waals surface area contributed by atoms with Crippen molar-refractivity contribution in [1.82, 2.24) is 4.90 Å². The fraction of sp³-hybridized carbons (Fsp3) is 0.895. The molecule has 0 fully saturated rings. The highest BCUT2D eigenvalue weighted by molar-refractivity contribution is 4.66. The van der Waals surface area contributed by atoms with E-state index in [9.17, 15) is 5.11 Å². The zero-order chi connectivity index (χ0) is 16.5. The van der Waals surface area contributed by atoms with Crippen molar-refractivity contribution in [2.45, 2.75) is 77.2 Å². The zero-order valence-electron chi connectivity index (χ0n) is 15.1. The summed E-state index contributed by atoms with van der Waals surface area (Å²) in [5.74, 6) is 0. The summed E-state index contributed by atoms with van der Waals surface area (Å²) in [5, 5.41) is 9.81. The van der Waals surface area contributed by atoms with E-state index in [1.807, 2.05) is 0 Å². The second-order valence-corrected chi connectivity index (χ2v) is 6.42. The molecule has 0 spiro atoms. The molecule has 3 heteroatoms. The molecule has 1 atom stereocenters. The highest BCUT2D eigenvalue weighted by atomic mass is 16.5. The number of hydrogen-bond acceptors (Lipinski definition) is 3. The molecule has 0 aromatic heterocycles. The van der Waals surface area contributed by atoms with Gasteiger partial charge in [0, 0.05) is 6.54 Å². The molecule has 22 heavy (non-hydrogen) atoms. The summed E-state index contributed by atoms with van der Waals surface area (Å²) >= 11 is 0. The third-order valence-electron chi connectivity index (χ3n) is 3.96. The van der Waals surface area contributed by atoms with E-state index in [1.54, 1.807) is 6.08 Å². The Morgan fingerprint density at radius 1 is 1.00 bits per heavy atom. The first kappa shape index (κ1) is 21.6. The Kier molecular flexibility index (Phi) is 16.7. The van der Waals surface area contributed by atoms with E-state index in [-0.39, 0.29) is 0 Å². The molecular formula is C19H39NO2. The van der Waals surface area contributed by atoms with Crippen molar-refractivity contribution in [3.8, 4) is 0 Å². The molecule has 0 bridgehead atoms. The van der Waals surface area contributed by atoms with Crippen LogP contribution in [0.25, 0.3) is 0 Å². The molecule has 3 nitrogen and oxygen atoms in total. The molecular weight excluding hydrogens is 274 g/mol. The van der Waals surface area contributed by atoms with Gasteiger partial charge in [0.1, 0.15) is 0 Å².